The summed E-state index contributed by atoms with van der Waals surface area (Å²) < 4.78 is 5.73. The summed E-state index contributed by atoms with van der Waals surface area (Å²) in [6.07, 6.45) is -0.101. The first-order valence-electron chi connectivity index (χ1n) is 12.1. The Labute approximate surface area is 218 Å². The van der Waals surface area contributed by atoms with Crippen LogP contribution in [0.5, 0.6) is 0 Å². The molecule has 0 saturated heterocycles. The van der Waals surface area contributed by atoms with Gasteiger partial charge >= 0.3 is 0 Å². The molecule has 0 radical (unpaired) electrons. The van der Waals surface area contributed by atoms with Gasteiger partial charge in [-0.3, -0.25) is 19.2 Å². The molecule has 0 spiro atoms. The van der Waals surface area contributed by atoms with Crippen molar-refractivity contribution in [3.63, 3.8) is 0 Å². The first-order chi connectivity index (χ1) is 18.1. The van der Waals surface area contributed by atoms with E-state index in [1.165, 1.54) is 6.92 Å². The lowest BCUT2D eigenvalue weighted by Crippen LogP contribution is -2.39. The van der Waals surface area contributed by atoms with E-state index in [1.54, 1.807) is 60.7 Å². The minimum Gasteiger partial charge on any atom is -0.376 e. The highest BCUT2D eigenvalue weighted by Gasteiger charge is 2.21. The van der Waals surface area contributed by atoms with E-state index in [0.717, 1.165) is 0 Å². The summed E-state index contributed by atoms with van der Waals surface area (Å²) in [6, 6.07) is 16.2. The van der Waals surface area contributed by atoms with Crippen molar-refractivity contribution in [2.45, 2.75) is 32.9 Å². The fraction of sp³-hybridized carbons (Fsp3) is 0.214. The molecule has 0 aliphatic heterocycles. The number of hydrogen-bond acceptors (Lipinski definition) is 6. The highest BCUT2D eigenvalue weighted by molar-refractivity contribution is 6.13. The Balaban J connectivity index is 1.65. The Kier molecular flexibility index (Phi) is 7.73. The highest BCUT2D eigenvalue weighted by atomic mass is 16.5. The summed E-state index contributed by atoms with van der Waals surface area (Å²) in [7, 11) is 0. The van der Waals surface area contributed by atoms with Crippen molar-refractivity contribution in [2.24, 2.45) is 5.73 Å². The number of para-hydroxylation sites is 1. The maximum atomic E-state index is 13.3. The van der Waals surface area contributed by atoms with E-state index in [0.29, 0.717) is 38.7 Å². The number of carbonyl (C=O) groups is 3. The number of nitrogens with one attached hydrogen (secondary N) is 4. The normalized spacial score (nSPS) is 11.9. The third-order valence-corrected chi connectivity index (χ3v) is 5.83. The standard InChI is InChI=1S/C28H29N5O5/c1-15(2)38-14-24(31-18-7-4-6-17(12-18)30-16(3)34)28(37)32-19-10-11-21-23(13-19)20-8-5-9-22(26(29)35)25(20)33-27(21)36/h4-13,15,24,31H,14H2,1-3H3,(H2,29,35)(H,30,34)(H,32,37)(H,33,36)/t24-/m0/s1. The van der Waals surface area contributed by atoms with Gasteiger partial charge in [-0.15, -0.1) is 0 Å². The number of hydrogen-bond donors (Lipinski definition) is 5. The molecule has 0 saturated carbocycles. The average molecular weight is 516 g/mol. The van der Waals surface area contributed by atoms with Gasteiger partial charge < -0.3 is 31.4 Å². The van der Waals surface area contributed by atoms with Crippen molar-refractivity contribution in [3.8, 4) is 0 Å². The quantitative estimate of drug-likeness (QED) is 0.215. The lowest BCUT2D eigenvalue weighted by Gasteiger charge is -2.21. The third-order valence-electron chi connectivity index (χ3n) is 5.83. The molecular formula is C28H29N5O5. The Morgan fingerprint density at radius 1 is 0.895 bits per heavy atom. The molecule has 10 nitrogen and oxygen atoms in total. The van der Waals surface area contributed by atoms with E-state index in [1.807, 2.05) is 13.8 Å². The van der Waals surface area contributed by atoms with Crippen LogP contribution in [0.1, 0.15) is 31.1 Å². The van der Waals surface area contributed by atoms with Gasteiger partial charge in [0.2, 0.25) is 11.8 Å². The number of ether oxygens (including phenoxy) is 1. The number of primary amides is 1. The molecule has 196 valence electrons. The number of rotatable bonds is 9. The number of anilines is 3. The summed E-state index contributed by atoms with van der Waals surface area (Å²) in [5.41, 5.74) is 7.33. The van der Waals surface area contributed by atoms with Gasteiger partial charge in [0.25, 0.3) is 11.5 Å². The van der Waals surface area contributed by atoms with Gasteiger partial charge in [0, 0.05) is 34.8 Å². The molecule has 3 aromatic carbocycles. The molecule has 3 amide bonds. The number of amides is 3. The van der Waals surface area contributed by atoms with Crippen molar-refractivity contribution in [3.05, 3.63) is 76.6 Å². The molecule has 1 aromatic heterocycles. The fourth-order valence-corrected chi connectivity index (χ4v) is 4.13. The van der Waals surface area contributed by atoms with E-state index < -0.39 is 11.9 Å². The molecule has 10 heteroatoms. The van der Waals surface area contributed by atoms with Crippen LogP contribution in [0.2, 0.25) is 0 Å². The van der Waals surface area contributed by atoms with Gasteiger partial charge in [-0.1, -0.05) is 18.2 Å². The second-order valence-corrected chi connectivity index (χ2v) is 9.14. The van der Waals surface area contributed by atoms with Crippen LogP contribution >= 0.6 is 0 Å². The smallest absolute Gasteiger partial charge is 0.256 e. The van der Waals surface area contributed by atoms with Crippen LogP contribution in [0.3, 0.4) is 0 Å². The van der Waals surface area contributed by atoms with Crippen LogP contribution in [0.15, 0.2) is 65.5 Å². The molecule has 38 heavy (non-hydrogen) atoms. The van der Waals surface area contributed by atoms with Crippen molar-refractivity contribution in [1.29, 1.82) is 0 Å². The maximum absolute atomic E-state index is 13.3. The molecule has 0 fully saturated rings. The topological polar surface area (TPSA) is 155 Å². The van der Waals surface area contributed by atoms with Crippen LogP contribution in [0.25, 0.3) is 21.7 Å². The van der Waals surface area contributed by atoms with Crippen LogP contribution < -0.4 is 27.2 Å². The summed E-state index contributed by atoms with van der Waals surface area (Å²) >= 11 is 0. The fourth-order valence-electron chi connectivity index (χ4n) is 4.13. The number of nitrogens with two attached hydrogens (primary N) is 1. The zero-order valence-electron chi connectivity index (χ0n) is 21.3. The summed E-state index contributed by atoms with van der Waals surface area (Å²) in [6.45, 7) is 5.26. The van der Waals surface area contributed by atoms with Crippen LogP contribution in [-0.2, 0) is 14.3 Å². The van der Waals surface area contributed by atoms with Gasteiger partial charge in [-0.2, -0.15) is 0 Å². The van der Waals surface area contributed by atoms with Crippen molar-refractivity contribution < 1.29 is 19.1 Å². The number of benzene rings is 3. The lowest BCUT2D eigenvalue weighted by atomic mass is 10.0. The van der Waals surface area contributed by atoms with Crippen LogP contribution in [0.4, 0.5) is 17.1 Å². The van der Waals surface area contributed by atoms with Crippen LogP contribution in [0, 0.1) is 0 Å². The van der Waals surface area contributed by atoms with Gasteiger partial charge in [-0.25, -0.2) is 0 Å². The summed E-state index contributed by atoms with van der Waals surface area (Å²) in [4.78, 5) is 52.1. The zero-order valence-corrected chi connectivity index (χ0v) is 21.3. The zero-order chi connectivity index (χ0) is 27.4. The molecule has 4 rings (SSSR count). The monoisotopic (exact) mass is 515 g/mol. The van der Waals surface area contributed by atoms with Gasteiger partial charge in [0.15, 0.2) is 0 Å². The Morgan fingerprint density at radius 2 is 1.61 bits per heavy atom. The van der Waals surface area contributed by atoms with Crippen molar-refractivity contribution >= 4 is 56.5 Å². The molecule has 6 N–H and O–H groups in total. The molecule has 1 atom stereocenters. The van der Waals surface area contributed by atoms with E-state index in [4.69, 9.17) is 10.5 Å². The largest absolute Gasteiger partial charge is 0.376 e. The van der Waals surface area contributed by atoms with Crippen molar-refractivity contribution in [2.75, 3.05) is 22.6 Å². The predicted molar refractivity (Wildman–Crippen MR) is 148 cm³/mol. The molecule has 0 aliphatic carbocycles. The number of aromatic nitrogens is 1. The lowest BCUT2D eigenvalue weighted by molar-refractivity contribution is -0.118. The van der Waals surface area contributed by atoms with Gasteiger partial charge in [0.05, 0.1) is 23.8 Å². The molecule has 0 bridgehead atoms. The Morgan fingerprint density at radius 3 is 2.32 bits per heavy atom. The first-order valence-corrected chi connectivity index (χ1v) is 12.1. The van der Waals surface area contributed by atoms with E-state index in [9.17, 15) is 19.2 Å². The van der Waals surface area contributed by atoms with Gasteiger partial charge in [-0.05, 0) is 61.7 Å². The number of H-pyrrole nitrogens is 1. The van der Waals surface area contributed by atoms with E-state index in [2.05, 4.69) is 20.9 Å². The molecular weight excluding hydrogens is 486 g/mol. The first kappa shape index (κ1) is 26.4. The predicted octanol–water partition coefficient (Wildman–Crippen LogP) is 3.58. The number of carbonyl (C=O) groups excluding carboxylic acids is 3. The Hall–Kier alpha value is -4.70. The molecule has 0 unspecified atom stereocenters. The number of fused-ring (bicyclic) bond motifs is 3. The van der Waals surface area contributed by atoms with Crippen LogP contribution in [-0.4, -0.2) is 41.5 Å². The summed E-state index contributed by atoms with van der Waals surface area (Å²) in [5, 5.41) is 10.4. The minimum absolute atomic E-state index is 0.0893. The Bertz CT molecular complexity index is 1590. The molecule has 4 aromatic rings. The third kappa shape index (κ3) is 5.98. The highest BCUT2D eigenvalue weighted by Crippen LogP contribution is 2.26. The number of pyridine rings is 1. The summed E-state index contributed by atoms with van der Waals surface area (Å²) in [5.74, 6) is -1.22. The van der Waals surface area contributed by atoms with E-state index in [-0.39, 0.29) is 35.6 Å². The second kappa shape index (κ2) is 11.1. The minimum atomic E-state index is -0.766. The molecule has 0 aliphatic rings. The molecule has 1 heterocycles. The van der Waals surface area contributed by atoms with Crippen molar-refractivity contribution in [1.82, 2.24) is 4.98 Å². The maximum Gasteiger partial charge on any atom is 0.256 e. The van der Waals surface area contributed by atoms with E-state index >= 15 is 0 Å². The number of aromatic amines is 1. The average Bonchev–Trinajstić information content (AvgIpc) is 2.86. The SMILES string of the molecule is CC(=O)Nc1cccc(N[C@@H](COC(C)C)C(=O)Nc2ccc3c(=O)[nH]c4c(C(N)=O)cccc4c3c2)c1. The second-order valence-electron chi connectivity index (χ2n) is 9.14. The van der Waals surface area contributed by atoms with Gasteiger partial charge in [0.1, 0.15) is 6.04 Å².